The van der Waals surface area contributed by atoms with E-state index in [0.29, 0.717) is 17.4 Å². The Morgan fingerprint density at radius 2 is 2.08 bits per heavy atom. The third-order valence-electron chi connectivity index (χ3n) is 6.25. The summed E-state index contributed by atoms with van der Waals surface area (Å²) >= 11 is 0. The number of carbonyl (C=O) groups excluding carboxylic acids is 1. The number of anilines is 1. The van der Waals surface area contributed by atoms with E-state index in [1.807, 2.05) is 18.3 Å². The second kappa shape index (κ2) is 4.51. The van der Waals surface area contributed by atoms with Crippen molar-refractivity contribution in [2.24, 2.45) is 17.6 Å². The van der Waals surface area contributed by atoms with Crippen molar-refractivity contribution >= 4 is 17.1 Å². The quantitative estimate of drug-likeness (QED) is 0.803. The number of aliphatic hydroxyl groups is 1. The fraction of sp³-hybridized carbons (Fsp3) is 0.556. The summed E-state index contributed by atoms with van der Waals surface area (Å²) in [5.74, 6) is 0.674. The van der Waals surface area contributed by atoms with E-state index in [4.69, 9.17) is 5.73 Å². The smallest absolute Gasteiger partial charge is 0.252 e. The number of hydrogen-bond acceptors (Lipinski definition) is 4. The highest BCUT2D eigenvalue weighted by atomic mass is 16.3. The van der Waals surface area contributed by atoms with E-state index < -0.39 is 11.5 Å². The van der Waals surface area contributed by atoms with Gasteiger partial charge in [0.2, 0.25) is 0 Å². The Morgan fingerprint density at radius 1 is 1.33 bits per heavy atom. The van der Waals surface area contributed by atoms with Crippen LogP contribution in [0.5, 0.6) is 0 Å². The van der Waals surface area contributed by atoms with Gasteiger partial charge in [0.25, 0.3) is 5.91 Å². The number of amides is 1. The van der Waals surface area contributed by atoms with E-state index in [1.54, 1.807) is 4.52 Å². The van der Waals surface area contributed by atoms with Crippen molar-refractivity contribution in [2.75, 3.05) is 5.32 Å². The first-order valence-electron chi connectivity index (χ1n) is 8.72. The van der Waals surface area contributed by atoms with Crippen LogP contribution in [0.3, 0.4) is 0 Å². The Balaban J connectivity index is 1.61. The Morgan fingerprint density at radius 3 is 2.75 bits per heavy atom. The molecule has 4 bridgehead atoms. The summed E-state index contributed by atoms with van der Waals surface area (Å²) in [6, 6.07) is 3.85. The van der Waals surface area contributed by atoms with Crippen LogP contribution in [0, 0.1) is 11.8 Å². The van der Waals surface area contributed by atoms with Gasteiger partial charge in [-0.1, -0.05) is 0 Å². The lowest BCUT2D eigenvalue weighted by Gasteiger charge is -2.60. The number of aromatic nitrogens is 2. The molecule has 126 valence electrons. The molecule has 0 aliphatic heterocycles. The zero-order valence-corrected chi connectivity index (χ0v) is 13.5. The predicted octanol–water partition coefficient (Wildman–Crippen LogP) is 1.93. The molecule has 6 rings (SSSR count). The van der Waals surface area contributed by atoms with Crippen molar-refractivity contribution in [1.82, 2.24) is 9.61 Å². The molecule has 4 aliphatic carbocycles. The van der Waals surface area contributed by atoms with Crippen LogP contribution < -0.4 is 11.1 Å². The molecule has 2 heterocycles. The molecule has 0 saturated heterocycles. The monoisotopic (exact) mass is 326 g/mol. The van der Waals surface area contributed by atoms with Gasteiger partial charge < -0.3 is 16.2 Å². The van der Waals surface area contributed by atoms with Crippen molar-refractivity contribution < 1.29 is 9.90 Å². The standard InChI is InChI=1S/C18H22N4O2/c19-16(23)13-9-20-22-3-1-2-14(22)15(13)21-17-5-11-4-12(6-17)8-18(24,7-11)10-17/h1-3,9,11-12,21,24H,4-8,10H2,(H2,19,23)/t11-,12+,17+,18?. The number of nitrogens with zero attached hydrogens (tertiary/aromatic N) is 2. The van der Waals surface area contributed by atoms with Gasteiger partial charge in [-0.05, 0) is 62.5 Å². The average molecular weight is 326 g/mol. The lowest BCUT2D eigenvalue weighted by Crippen LogP contribution is -2.62. The highest BCUT2D eigenvalue weighted by Gasteiger charge is 2.57. The second-order valence-electron chi connectivity index (χ2n) is 8.23. The third-order valence-corrected chi connectivity index (χ3v) is 6.25. The molecule has 4 fully saturated rings. The maximum atomic E-state index is 11.9. The molecule has 24 heavy (non-hydrogen) atoms. The zero-order valence-electron chi connectivity index (χ0n) is 13.5. The predicted molar refractivity (Wildman–Crippen MR) is 89.7 cm³/mol. The molecule has 4 aliphatic rings. The summed E-state index contributed by atoms with van der Waals surface area (Å²) in [5.41, 5.74) is 6.93. The van der Waals surface area contributed by atoms with Gasteiger partial charge in [0.1, 0.15) is 0 Å². The van der Waals surface area contributed by atoms with Crippen molar-refractivity contribution in [2.45, 2.75) is 49.7 Å². The highest BCUT2D eigenvalue weighted by molar-refractivity contribution is 6.02. The molecule has 6 heteroatoms. The maximum absolute atomic E-state index is 11.9. The number of fused-ring (bicyclic) bond motifs is 1. The molecule has 6 nitrogen and oxygen atoms in total. The van der Waals surface area contributed by atoms with Crippen LogP contribution in [0.15, 0.2) is 24.5 Å². The number of primary amides is 1. The van der Waals surface area contributed by atoms with E-state index in [1.165, 1.54) is 12.6 Å². The Bertz CT molecular complexity index is 829. The zero-order chi connectivity index (χ0) is 16.5. The van der Waals surface area contributed by atoms with Gasteiger partial charge in [-0.2, -0.15) is 5.10 Å². The largest absolute Gasteiger partial charge is 0.390 e. The molecule has 0 radical (unpaired) electrons. The van der Waals surface area contributed by atoms with Crippen molar-refractivity contribution in [3.8, 4) is 0 Å². The summed E-state index contributed by atoms with van der Waals surface area (Å²) in [7, 11) is 0. The molecule has 4 N–H and O–H groups in total. The summed E-state index contributed by atoms with van der Waals surface area (Å²) in [5, 5.41) is 18.9. The van der Waals surface area contributed by atoms with Crippen molar-refractivity contribution in [1.29, 1.82) is 0 Å². The first-order chi connectivity index (χ1) is 11.5. The van der Waals surface area contributed by atoms with Crippen molar-refractivity contribution in [3.05, 3.63) is 30.1 Å². The second-order valence-corrected chi connectivity index (χ2v) is 8.23. The summed E-state index contributed by atoms with van der Waals surface area (Å²) in [4.78, 5) is 11.9. The lowest BCUT2D eigenvalue weighted by molar-refractivity contribution is -0.127. The van der Waals surface area contributed by atoms with Crippen LogP contribution in [-0.4, -0.2) is 31.8 Å². The molecular weight excluding hydrogens is 304 g/mol. The molecule has 0 aromatic carbocycles. The van der Waals surface area contributed by atoms with Crippen LogP contribution >= 0.6 is 0 Å². The Hall–Kier alpha value is -2.08. The first kappa shape index (κ1) is 14.3. The van der Waals surface area contributed by atoms with Crippen LogP contribution in [0.4, 0.5) is 5.69 Å². The van der Waals surface area contributed by atoms with Crippen LogP contribution in [0.1, 0.15) is 48.9 Å². The minimum absolute atomic E-state index is 0.144. The van der Waals surface area contributed by atoms with Crippen LogP contribution in [0.25, 0.3) is 5.52 Å². The Labute approximate surface area is 140 Å². The highest BCUT2D eigenvalue weighted by Crippen LogP contribution is 2.58. The molecular formula is C18H22N4O2. The minimum Gasteiger partial charge on any atom is -0.390 e. The van der Waals surface area contributed by atoms with Crippen LogP contribution in [-0.2, 0) is 0 Å². The van der Waals surface area contributed by atoms with E-state index in [9.17, 15) is 9.90 Å². The first-order valence-corrected chi connectivity index (χ1v) is 8.72. The average Bonchev–Trinajstić information content (AvgIpc) is 2.93. The molecule has 0 spiro atoms. The molecule has 4 saturated carbocycles. The number of carbonyl (C=O) groups is 1. The summed E-state index contributed by atoms with van der Waals surface area (Å²) in [6.07, 6.45) is 9.33. The van der Waals surface area contributed by atoms with Gasteiger partial charge in [-0.15, -0.1) is 0 Å². The fourth-order valence-electron chi connectivity index (χ4n) is 5.94. The molecule has 2 aromatic heterocycles. The SMILES string of the molecule is NC(=O)c1cnn2cccc2c1N[C@@]12C[C@@H]3C[C@@H](CC(O)(C3)C1)C2. The maximum Gasteiger partial charge on any atom is 0.252 e. The lowest BCUT2D eigenvalue weighted by atomic mass is 9.51. The normalized spacial score (nSPS) is 37.0. The number of nitrogens with two attached hydrogens (primary N) is 1. The van der Waals surface area contributed by atoms with E-state index >= 15 is 0 Å². The Kier molecular flexibility index (Phi) is 2.68. The van der Waals surface area contributed by atoms with Gasteiger partial charge in [0.05, 0.1) is 28.6 Å². The topological polar surface area (TPSA) is 92.7 Å². The molecule has 1 unspecified atom stereocenters. The van der Waals surface area contributed by atoms with E-state index in [0.717, 1.165) is 43.3 Å². The molecule has 4 atom stereocenters. The van der Waals surface area contributed by atoms with Gasteiger partial charge >= 0.3 is 0 Å². The van der Waals surface area contributed by atoms with Gasteiger partial charge in [-0.3, -0.25) is 4.79 Å². The number of rotatable bonds is 3. The minimum atomic E-state index is -0.546. The van der Waals surface area contributed by atoms with Gasteiger partial charge in [0, 0.05) is 11.7 Å². The molecule has 2 aromatic rings. The van der Waals surface area contributed by atoms with Crippen LogP contribution in [0.2, 0.25) is 0 Å². The third kappa shape index (κ3) is 1.99. The number of hydrogen-bond donors (Lipinski definition) is 3. The summed E-state index contributed by atoms with van der Waals surface area (Å²) < 4.78 is 1.75. The number of nitrogens with one attached hydrogen (secondary N) is 1. The fourth-order valence-corrected chi connectivity index (χ4v) is 5.94. The van der Waals surface area contributed by atoms with E-state index in [-0.39, 0.29) is 5.54 Å². The van der Waals surface area contributed by atoms with Gasteiger partial charge in [0.15, 0.2) is 0 Å². The van der Waals surface area contributed by atoms with E-state index in [2.05, 4.69) is 10.4 Å². The van der Waals surface area contributed by atoms with Crippen molar-refractivity contribution in [3.63, 3.8) is 0 Å². The van der Waals surface area contributed by atoms with Gasteiger partial charge in [-0.25, -0.2) is 4.52 Å². The summed E-state index contributed by atoms with van der Waals surface area (Å²) in [6.45, 7) is 0. The molecule has 1 amide bonds.